The largest absolute Gasteiger partial charge is 0.495 e. The number of para-hydroxylation sites is 3. The molecular weight excluding hydrogens is 392 g/mol. The SMILES string of the molecule is COc1ccccc1N(CC(=O)NCCOc1ccccc1Cl)S(C)(=O)=O. The molecule has 0 aromatic heterocycles. The number of carbonyl (C=O) groups is 1. The molecule has 0 aliphatic rings. The van der Waals surface area contributed by atoms with Crippen LogP contribution >= 0.6 is 11.6 Å². The number of sulfonamides is 1. The molecule has 27 heavy (non-hydrogen) atoms. The van der Waals surface area contributed by atoms with E-state index < -0.39 is 15.9 Å². The van der Waals surface area contributed by atoms with E-state index in [1.54, 1.807) is 48.5 Å². The van der Waals surface area contributed by atoms with Gasteiger partial charge in [0.1, 0.15) is 24.7 Å². The van der Waals surface area contributed by atoms with Crippen LogP contribution in [0.4, 0.5) is 5.69 Å². The zero-order valence-corrected chi connectivity index (χ0v) is 16.6. The summed E-state index contributed by atoms with van der Waals surface area (Å²) in [6.45, 7) is 0.0297. The predicted molar refractivity (Wildman–Crippen MR) is 105 cm³/mol. The van der Waals surface area contributed by atoms with Crippen LogP contribution in [0.2, 0.25) is 5.02 Å². The van der Waals surface area contributed by atoms with Crippen molar-refractivity contribution in [1.82, 2.24) is 5.32 Å². The molecule has 2 aromatic carbocycles. The molecule has 0 radical (unpaired) electrons. The fraction of sp³-hybridized carbons (Fsp3) is 0.278. The summed E-state index contributed by atoms with van der Waals surface area (Å²) < 4.78 is 35.9. The van der Waals surface area contributed by atoms with Crippen LogP contribution in [0.15, 0.2) is 48.5 Å². The third-order valence-electron chi connectivity index (χ3n) is 3.56. The van der Waals surface area contributed by atoms with Crippen molar-refractivity contribution in [3.8, 4) is 11.5 Å². The Hall–Kier alpha value is -2.45. The molecule has 1 amide bonds. The summed E-state index contributed by atoms with van der Waals surface area (Å²) in [6.07, 6.45) is 1.03. The standard InChI is InChI=1S/C18H21ClN2O5S/c1-25-17-10-6-4-8-15(17)21(27(2,23)24)13-18(22)20-11-12-26-16-9-5-3-7-14(16)19/h3-10H,11-13H2,1-2H3,(H,20,22). The second-order valence-electron chi connectivity index (χ2n) is 5.57. The number of methoxy groups -OCH3 is 1. The first-order valence-corrected chi connectivity index (χ1v) is 10.3. The smallest absolute Gasteiger partial charge is 0.240 e. The van der Waals surface area contributed by atoms with Crippen molar-refractivity contribution in [2.45, 2.75) is 0 Å². The molecule has 2 aromatic rings. The van der Waals surface area contributed by atoms with Gasteiger partial charge in [0.2, 0.25) is 15.9 Å². The minimum atomic E-state index is -3.68. The van der Waals surface area contributed by atoms with Crippen molar-refractivity contribution < 1.29 is 22.7 Å². The van der Waals surface area contributed by atoms with Crippen molar-refractivity contribution in [2.75, 3.05) is 37.4 Å². The quantitative estimate of drug-likeness (QED) is 0.639. The van der Waals surface area contributed by atoms with Gasteiger partial charge in [0.25, 0.3) is 0 Å². The summed E-state index contributed by atoms with van der Waals surface area (Å²) in [5.41, 5.74) is 0.296. The van der Waals surface area contributed by atoms with Gasteiger partial charge in [-0.05, 0) is 24.3 Å². The topological polar surface area (TPSA) is 84.9 Å². The van der Waals surface area contributed by atoms with Gasteiger partial charge in [-0.15, -0.1) is 0 Å². The average Bonchev–Trinajstić information content (AvgIpc) is 2.63. The Morgan fingerprint density at radius 1 is 1.11 bits per heavy atom. The van der Waals surface area contributed by atoms with E-state index >= 15 is 0 Å². The van der Waals surface area contributed by atoms with E-state index in [-0.39, 0.29) is 19.7 Å². The monoisotopic (exact) mass is 412 g/mol. The minimum absolute atomic E-state index is 0.197. The first-order chi connectivity index (χ1) is 12.8. The lowest BCUT2D eigenvalue weighted by atomic mass is 10.3. The molecule has 0 aliphatic heterocycles. The zero-order chi connectivity index (χ0) is 19.9. The summed E-state index contributed by atoms with van der Waals surface area (Å²) >= 11 is 5.98. The van der Waals surface area contributed by atoms with E-state index in [1.165, 1.54) is 7.11 Å². The van der Waals surface area contributed by atoms with Crippen LogP contribution in [0.1, 0.15) is 0 Å². The van der Waals surface area contributed by atoms with E-state index in [1.807, 2.05) is 0 Å². The van der Waals surface area contributed by atoms with Crippen molar-refractivity contribution >= 4 is 33.2 Å². The van der Waals surface area contributed by atoms with Gasteiger partial charge in [0.15, 0.2) is 0 Å². The Labute approximate surface area is 163 Å². The second-order valence-corrected chi connectivity index (χ2v) is 7.88. The maximum absolute atomic E-state index is 12.2. The van der Waals surface area contributed by atoms with Gasteiger partial charge < -0.3 is 14.8 Å². The first kappa shape index (κ1) is 20.9. The summed E-state index contributed by atoms with van der Waals surface area (Å²) in [6, 6.07) is 13.6. The van der Waals surface area contributed by atoms with Gasteiger partial charge in [-0.1, -0.05) is 35.9 Å². The van der Waals surface area contributed by atoms with Crippen molar-refractivity contribution in [3.05, 3.63) is 53.6 Å². The fourth-order valence-corrected chi connectivity index (χ4v) is 3.37. The predicted octanol–water partition coefficient (Wildman–Crippen LogP) is 2.31. The molecular formula is C18H21ClN2O5S. The van der Waals surface area contributed by atoms with E-state index in [0.29, 0.717) is 22.2 Å². The number of amides is 1. The average molecular weight is 413 g/mol. The third kappa shape index (κ3) is 6.04. The summed E-state index contributed by atoms with van der Waals surface area (Å²) in [4.78, 5) is 12.2. The number of anilines is 1. The van der Waals surface area contributed by atoms with Crippen molar-refractivity contribution in [3.63, 3.8) is 0 Å². The summed E-state index contributed by atoms with van der Waals surface area (Å²) in [5, 5.41) is 3.10. The highest BCUT2D eigenvalue weighted by Gasteiger charge is 2.23. The molecule has 0 fully saturated rings. The summed E-state index contributed by atoms with van der Waals surface area (Å²) in [7, 11) is -2.25. The number of ether oxygens (including phenoxy) is 2. The van der Waals surface area contributed by atoms with Crippen molar-refractivity contribution in [2.24, 2.45) is 0 Å². The van der Waals surface area contributed by atoms with Crippen LogP contribution in [-0.2, 0) is 14.8 Å². The molecule has 0 unspecified atom stereocenters. The number of benzene rings is 2. The van der Waals surface area contributed by atoms with E-state index in [9.17, 15) is 13.2 Å². The Kier molecular flexibility index (Phi) is 7.32. The van der Waals surface area contributed by atoms with Crippen LogP contribution in [0.5, 0.6) is 11.5 Å². The van der Waals surface area contributed by atoms with Gasteiger partial charge in [0, 0.05) is 0 Å². The Morgan fingerprint density at radius 2 is 1.74 bits per heavy atom. The van der Waals surface area contributed by atoms with Gasteiger partial charge in [0.05, 0.1) is 30.6 Å². The lowest BCUT2D eigenvalue weighted by molar-refractivity contribution is -0.119. The molecule has 0 aliphatic carbocycles. The van der Waals surface area contributed by atoms with Gasteiger partial charge in [-0.3, -0.25) is 9.10 Å². The van der Waals surface area contributed by atoms with Crippen LogP contribution < -0.4 is 19.1 Å². The number of nitrogens with one attached hydrogen (secondary N) is 1. The van der Waals surface area contributed by atoms with Crippen LogP contribution in [0.3, 0.4) is 0 Å². The molecule has 0 spiro atoms. The van der Waals surface area contributed by atoms with Crippen LogP contribution in [0, 0.1) is 0 Å². The van der Waals surface area contributed by atoms with Gasteiger partial charge in [-0.25, -0.2) is 8.42 Å². The molecule has 146 valence electrons. The highest BCUT2D eigenvalue weighted by atomic mass is 35.5. The third-order valence-corrected chi connectivity index (χ3v) is 5.00. The lowest BCUT2D eigenvalue weighted by Crippen LogP contribution is -2.41. The molecule has 9 heteroatoms. The maximum Gasteiger partial charge on any atom is 0.240 e. The zero-order valence-electron chi connectivity index (χ0n) is 15.0. The lowest BCUT2D eigenvalue weighted by Gasteiger charge is -2.23. The van der Waals surface area contributed by atoms with Crippen LogP contribution in [0.25, 0.3) is 0 Å². The molecule has 0 atom stereocenters. The molecule has 0 bridgehead atoms. The molecule has 0 saturated carbocycles. The van der Waals surface area contributed by atoms with Crippen LogP contribution in [-0.4, -0.2) is 47.4 Å². The minimum Gasteiger partial charge on any atom is -0.495 e. The Morgan fingerprint density at radius 3 is 2.37 bits per heavy atom. The highest BCUT2D eigenvalue weighted by Crippen LogP contribution is 2.29. The Balaban J connectivity index is 1.96. The Bertz CT molecular complexity index is 889. The molecule has 2 rings (SSSR count). The van der Waals surface area contributed by atoms with Gasteiger partial charge >= 0.3 is 0 Å². The van der Waals surface area contributed by atoms with E-state index in [2.05, 4.69) is 5.32 Å². The first-order valence-electron chi connectivity index (χ1n) is 8.07. The normalized spacial score (nSPS) is 10.9. The molecule has 1 N–H and O–H groups in total. The van der Waals surface area contributed by atoms with Crippen molar-refractivity contribution in [1.29, 1.82) is 0 Å². The second kappa shape index (κ2) is 9.48. The summed E-state index contributed by atoms with van der Waals surface area (Å²) in [5.74, 6) is 0.409. The fourth-order valence-electron chi connectivity index (χ4n) is 2.32. The maximum atomic E-state index is 12.2. The number of halogens is 1. The molecule has 0 saturated heterocycles. The number of nitrogens with zero attached hydrogens (tertiary/aromatic N) is 1. The van der Waals surface area contributed by atoms with E-state index in [0.717, 1.165) is 10.6 Å². The highest BCUT2D eigenvalue weighted by molar-refractivity contribution is 7.92. The number of rotatable bonds is 9. The van der Waals surface area contributed by atoms with E-state index in [4.69, 9.17) is 21.1 Å². The molecule has 7 nitrogen and oxygen atoms in total. The number of carbonyl (C=O) groups excluding carboxylic acids is 1. The number of hydrogen-bond acceptors (Lipinski definition) is 5. The number of hydrogen-bond donors (Lipinski definition) is 1. The molecule has 0 heterocycles. The van der Waals surface area contributed by atoms with Gasteiger partial charge in [-0.2, -0.15) is 0 Å².